The molecule has 3 aromatic rings. The molecule has 5 nitrogen and oxygen atoms in total. The molecule has 1 unspecified atom stereocenters. The minimum absolute atomic E-state index is 0.138. The van der Waals surface area contributed by atoms with Gasteiger partial charge in [-0.3, -0.25) is 0 Å². The van der Waals surface area contributed by atoms with Crippen LogP contribution in [0.3, 0.4) is 0 Å². The first kappa shape index (κ1) is 16.9. The Kier molecular flexibility index (Phi) is 4.20. The summed E-state index contributed by atoms with van der Waals surface area (Å²) >= 11 is 0. The average molecular weight is 348 g/mol. The van der Waals surface area contributed by atoms with Crippen molar-refractivity contribution in [3.8, 4) is 5.88 Å². The van der Waals surface area contributed by atoms with E-state index in [1.165, 1.54) is 18.3 Å². The number of benzene rings is 1. The second kappa shape index (κ2) is 6.19. The highest BCUT2D eigenvalue weighted by Crippen LogP contribution is 2.32. The van der Waals surface area contributed by atoms with Crippen molar-refractivity contribution in [2.45, 2.75) is 26.1 Å². The largest absolute Gasteiger partial charge is 0.493 e. The molecular formula is C17H15F3N4O. The van der Waals surface area contributed by atoms with Crippen molar-refractivity contribution in [2.75, 3.05) is 5.32 Å². The van der Waals surface area contributed by atoms with E-state index in [1.807, 2.05) is 0 Å². The Hall–Kier alpha value is -2.90. The van der Waals surface area contributed by atoms with E-state index in [4.69, 9.17) is 0 Å². The van der Waals surface area contributed by atoms with Gasteiger partial charge in [0.25, 0.3) is 0 Å². The number of alkyl halides is 3. The van der Waals surface area contributed by atoms with Gasteiger partial charge in [0, 0.05) is 23.0 Å². The maximum absolute atomic E-state index is 12.9. The predicted molar refractivity (Wildman–Crippen MR) is 87.2 cm³/mol. The molecule has 3 rings (SSSR count). The fourth-order valence-corrected chi connectivity index (χ4v) is 2.54. The van der Waals surface area contributed by atoms with Crippen LogP contribution < -0.4 is 5.32 Å². The second-order valence-electron chi connectivity index (χ2n) is 5.71. The third-order valence-electron chi connectivity index (χ3n) is 3.90. The monoisotopic (exact) mass is 348 g/mol. The molecule has 1 aromatic carbocycles. The number of rotatable bonds is 3. The van der Waals surface area contributed by atoms with Crippen LogP contribution in [0.25, 0.3) is 10.8 Å². The number of aryl methyl sites for hydroxylation is 1. The van der Waals surface area contributed by atoms with Crippen molar-refractivity contribution in [3.63, 3.8) is 0 Å². The van der Waals surface area contributed by atoms with Gasteiger partial charge in [0.1, 0.15) is 0 Å². The van der Waals surface area contributed by atoms with Crippen molar-refractivity contribution < 1.29 is 18.3 Å². The summed E-state index contributed by atoms with van der Waals surface area (Å²) in [5.41, 5.74) is 0.382. The molecule has 25 heavy (non-hydrogen) atoms. The number of fused-ring (bicyclic) bond motifs is 1. The summed E-state index contributed by atoms with van der Waals surface area (Å²) in [4.78, 5) is 3.83. The molecule has 130 valence electrons. The number of anilines is 1. The summed E-state index contributed by atoms with van der Waals surface area (Å²) < 4.78 is 38.6. The quantitative estimate of drug-likeness (QED) is 0.741. The van der Waals surface area contributed by atoms with Crippen LogP contribution in [-0.2, 0) is 6.18 Å². The topological polar surface area (TPSA) is 70.9 Å². The van der Waals surface area contributed by atoms with Gasteiger partial charge in [-0.05, 0) is 31.5 Å². The zero-order chi connectivity index (χ0) is 18.2. The van der Waals surface area contributed by atoms with Crippen molar-refractivity contribution in [3.05, 3.63) is 53.3 Å². The number of nitrogens with zero attached hydrogens (tertiary/aromatic N) is 3. The van der Waals surface area contributed by atoms with Gasteiger partial charge < -0.3 is 10.4 Å². The summed E-state index contributed by atoms with van der Waals surface area (Å²) in [6, 6.07) is 6.15. The molecule has 0 saturated heterocycles. The Morgan fingerprint density at radius 1 is 1.12 bits per heavy atom. The van der Waals surface area contributed by atoms with Crippen molar-refractivity contribution in [1.82, 2.24) is 15.2 Å². The lowest BCUT2D eigenvalue weighted by atomic mass is 10.0. The average Bonchev–Trinajstić information content (AvgIpc) is 2.57. The maximum Gasteiger partial charge on any atom is 0.416 e. The van der Waals surface area contributed by atoms with E-state index < -0.39 is 17.8 Å². The zero-order valence-electron chi connectivity index (χ0n) is 13.5. The third kappa shape index (κ3) is 3.47. The Morgan fingerprint density at radius 3 is 2.60 bits per heavy atom. The molecule has 0 spiro atoms. The second-order valence-corrected chi connectivity index (χ2v) is 5.71. The van der Waals surface area contributed by atoms with Crippen LogP contribution in [0.4, 0.5) is 19.0 Å². The first-order valence-electron chi connectivity index (χ1n) is 7.51. The maximum atomic E-state index is 12.9. The number of aromatic nitrogens is 3. The van der Waals surface area contributed by atoms with Crippen LogP contribution >= 0.6 is 0 Å². The zero-order valence-corrected chi connectivity index (χ0v) is 13.5. The van der Waals surface area contributed by atoms with E-state index in [0.717, 1.165) is 12.1 Å². The van der Waals surface area contributed by atoms with Gasteiger partial charge in [0.05, 0.1) is 17.3 Å². The predicted octanol–water partition coefficient (Wildman–Crippen LogP) is 4.23. The van der Waals surface area contributed by atoms with Gasteiger partial charge in [0.2, 0.25) is 5.88 Å². The number of hydrogen-bond acceptors (Lipinski definition) is 5. The molecule has 0 aliphatic heterocycles. The number of pyridine rings is 1. The number of halogens is 3. The highest BCUT2D eigenvalue weighted by molar-refractivity contribution is 5.92. The first-order valence-corrected chi connectivity index (χ1v) is 7.51. The summed E-state index contributed by atoms with van der Waals surface area (Å²) in [5, 5.41) is 22.0. The van der Waals surface area contributed by atoms with E-state index in [9.17, 15) is 18.3 Å². The van der Waals surface area contributed by atoms with Crippen molar-refractivity contribution in [1.29, 1.82) is 0 Å². The van der Waals surface area contributed by atoms with Crippen LogP contribution in [0.1, 0.15) is 29.8 Å². The standard InChI is InChI=1S/C17H15F3N4O/c1-9(11-4-3-5-12(6-11)17(18,19)20)22-16-14-8-21-15(25)7-13(14)10(2)23-24-16/h3-9H,1-2H3,(H,21,25)(H,22,24). The Morgan fingerprint density at radius 2 is 1.88 bits per heavy atom. The molecule has 0 fully saturated rings. The van der Waals surface area contributed by atoms with Gasteiger partial charge in [-0.1, -0.05) is 12.1 Å². The fourth-order valence-electron chi connectivity index (χ4n) is 2.54. The van der Waals surface area contributed by atoms with Crippen LogP contribution in [0.2, 0.25) is 0 Å². The van der Waals surface area contributed by atoms with Crippen LogP contribution in [-0.4, -0.2) is 20.3 Å². The van der Waals surface area contributed by atoms with Gasteiger partial charge in [-0.25, -0.2) is 4.98 Å². The highest BCUT2D eigenvalue weighted by Gasteiger charge is 2.30. The lowest BCUT2D eigenvalue weighted by Gasteiger charge is -2.17. The summed E-state index contributed by atoms with van der Waals surface area (Å²) in [6.07, 6.45) is -2.94. The van der Waals surface area contributed by atoms with E-state index in [-0.39, 0.29) is 5.88 Å². The van der Waals surface area contributed by atoms with E-state index >= 15 is 0 Å². The van der Waals surface area contributed by atoms with Crippen molar-refractivity contribution in [2.24, 2.45) is 0 Å². The summed E-state index contributed by atoms with van der Waals surface area (Å²) in [6.45, 7) is 3.48. The molecule has 0 amide bonds. The van der Waals surface area contributed by atoms with E-state index in [1.54, 1.807) is 19.9 Å². The summed E-state index contributed by atoms with van der Waals surface area (Å²) in [5.74, 6) is 0.249. The molecule has 8 heteroatoms. The minimum Gasteiger partial charge on any atom is -0.493 e. The lowest BCUT2D eigenvalue weighted by Crippen LogP contribution is -2.12. The molecule has 2 N–H and O–H groups in total. The SMILES string of the molecule is Cc1nnc(NC(C)c2cccc(C(F)(F)F)c2)c2cnc(O)cc12. The molecule has 2 aromatic heterocycles. The molecule has 0 radical (unpaired) electrons. The van der Waals surface area contributed by atoms with Crippen LogP contribution in [0.5, 0.6) is 5.88 Å². The summed E-state index contributed by atoms with van der Waals surface area (Å²) in [7, 11) is 0. The molecule has 0 bridgehead atoms. The molecule has 0 saturated carbocycles. The smallest absolute Gasteiger partial charge is 0.416 e. The number of aromatic hydroxyl groups is 1. The van der Waals surface area contributed by atoms with Crippen LogP contribution in [0, 0.1) is 6.92 Å². The molecule has 1 atom stereocenters. The Bertz CT molecular complexity index is 927. The molecule has 0 aliphatic rings. The fraction of sp³-hybridized carbons (Fsp3) is 0.235. The normalized spacial score (nSPS) is 13.0. The van der Waals surface area contributed by atoms with Gasteiger partial charge >= 0.3 is 6.18 Å². The van der Waals surface area contributed by atoms with E-state index in [2.05, 4.69) is 20.5 Å². The molecule has 2 heterocycles. The van der Waals surface area contributed by atoms with Crippen LogP contribution in [0.15, 0.2) is 36.5 Å². The number of nitrogens with one attached hydrogen (secondary N) is 1. The third-order valence-corrected chi connectivity index (χ3v) is 3.90. The highest BCUT2D eigenvalue weighted by atomic mass is 19.4. The van der Waals surface area contributed by atoms with Gasteiger partial charge in [0.15, 0.2) is 5.82 Å². The molecular weight excluding hydrogens is 333 g/mol. The Balaban J connectivity index is 1.95. The van der Waals surface area contributed by atoms with Crippen molar-refractivity contribution >= 4 is 16.6 Å². The Labute approximate surface area is 141 Å². The van der Waals surface area contributed by atoms with E-state index in [0.29, 0.717) is 27.8 Å². The first-order chi connectivity index (χ1) is 11.8. The number of hydrogen-bond donors (Lipinski definition) is 2. The van der Waals surface area contributed by atoms with Gasteiger partial charge in [-0.15, -0.1) is 5.10 Å². The van der Waals surface area contributed by atoms with Gasteiger partial charge in [-0.2, -0.15) is 18.3 Å². The molecule has 0 aliphatic carbocycles. The minimum atomic E-state index is -4.40. The lowest BCUT2D eigenvalue weighted by molar-refractivity contribution is -0.137.